The highest BCUT2D eigenvalue weighted by Gasteiger charge is 2.06. The first-order valence-electron chi connectivity index (χ1n) is 3.47. The van der Waals surface area contributed by atoms with Crippen LogP contribution in [0.5, 0.6) is 0 Å². The molecule has 0 saturated heterocycles. The van der Waals surface area contributed by atoms with E-state index in [4.69, 9.17) is 5.73 Å². The molecule has 0 heterocycles. The minimum atomic E-state index is -0.794. The second-order valence-corrected chi connectivity index (χ2v) is 3.37. The van der Waals surface area contributed by atoms with Crippen LogP contribution in [0.15, 0.2) is 22.7 Å². The third-order valence-electron chi connectivity index (χ3n) is 1.49. The van der Waals surface area contributed by atoms with Crippen molar-refractivity contribution in [2.75, 3.05) is 6.54 Å². The van der Waals surface area contributed by atoms with Gasteiger partial charge in [0.1, 0.15) is 5.82 Å². The zero-order valence-electron chi connectivity index (χ0n) is 6.30. The summed E-state index contributed by atoms with van der Waals surface area (Å²) < 4.78 is 13.3. The van der Waals surface area contributed by atoms with Crippen LogP contribution in [0, 0.1) is 5.82 Å². The molecule has 0 aliphatic rings. The molecular formula is C8H9BrFNO. The highest BCUT2D eigenvalue weighted by Crippen LogP contribution is 2.19. The van der Waals surface area contributed by atoms with Gasteiger partial charge in [-0.3, -0.25) is 0 Å². The zero-order chi connectivity index (χ0) is 9.14. The SMILES string of the molecule is NCC(O)c1cc(F)cc(Br)c1. The number of aliphatic hydroxyl groups excluding tert-OH is 1. The third kappa shape index (κ3) is 2.27. The molecule has 0 amide bonds. The minimum absolute atomic E-state index is 0.0931. The Morgan fingerprint density at radius 3 is 2.67 bits per heavy atom. The van der Waals surface area contributed by atoms with Crippen LogP contribution >= 0.6 is 15.9 Å². The van der Waals surface area contributed by atoms with E-state index in [9.17, 15) is 9.50 Å². The average Bonchev–Trinajstić information content (AvgIpc) is 2.01. The summed E-state index contributed by atoms with van der Waals surface area (Å²) in [5.41, 5.74) is 5.71. The van der Waals surface area contributed by atoms with Gasteiger partial charge in [0, 0.05) is 11.0 Å². The summed E-state index contributed by atoms with van der Waals surface area (Å²) in [5.74, 6) is -0.383. The summed E-state index contributed by atoms with van der Waals surface area (Å²) >= 11 is 3.12. The van der Waals surface area contributed by atoms with Gasteiger partial charge in [-0.25, -0.2) is 4.39 Å². The van der Waals surface area contributed by atoms with Crippen LogP contribution in [0.3, 0.4) is 0 Å². The summed E-state index contributed by atoms with van der Waals surface area (Å²) in [6.07, 6.45) is -0.794. The molecule has 1 unspecified atom stereocenters. The van der Waals surface area contributed by atoms with Crippen molar-refractivity contribution in [1.29, 1.82) is 0 Å². The fourth-order valence-electron chi connectivity index (χ4n) is 0.904. The first kappa shape index (κ1) is 9.64. The molecule has 12 heavy (non-hydrogen) atoms. The molecule has 1 rings (SSSR count). The van der Waals surface area contributed by atoms with E-state index in [1.54, 1.807) is 6.07 Å². The van der Waals surface area contributed by atoms with Gasteiger partial charge in [-0.15, -0.1) is 0 Å². The van der Waals surface area contributed by atoms with Crippen LogP contribution < -0.4 is 5.73 Å². The standard InChI is InChI=1S/C8H9BrFNO/c9-6-1-5(8(12)4-11)2-7(10)3-6/h1-3,8,12H,4,11H2. The Balaban J connectivity index is 3.00. The van der Waals surface area contributed by atoms with E-state index in [1.807, 2.05) is 0 Å². The largest absolute Gasteiger partial charge is 0.387 e. The molecule has 0 aliphatic heterocycles. The molecule has 0 fully saturated rings. The van der Waals surface area contributed by atoms with Crippen LogP contribution in [0.1, 0.15) is 11.7 Å². The van der Waals surface area contributed by atoms with Crippen molar-refractivity contribution in [2.45, 2.75) is 6.10 Å². The molecule has 2 nitrogen and oxygen atoms in total. The van der Waals surface area contributed by atoms with Crippen molar-refractivity contribution in [3.63, 3.8) is 0 Å². The summed E-state index contributed by atoms with van der Waals surface area (Å²) in [7, 11) is 0. The topological polar surface area (TPSA) is 46.2 Å². The van der Waals surface area contributed by atoms with Gasteiger partial charge < -0.3 is 10.8 Å². The molecular weight excluding hydrogens is 225 g/mol. The second kappa shape index (κ2) is 3.98. The molecule has 1 atom stereocenters. The van der Waals surface area contributed by atoms with Crippen LogP contribution in [0.2, 0.25) is 0 Å². The van der Waals surface area contributed by atoms with Crippen molar-refractivity contribution < 1.29 is 9.50 Å². The predicted octanol–water partition coefficient (Wildman–Crippen LogP) is 1.58. The highest BCUT2D eigenvalue weighted by atomic mass is 79.9. The number of benzene rings is 1. The van der Waals surface area contributed by atoms with Gasteiger partial charge in [0.25, 0.3) is 0 Å². The Morgan fingerprint density at radius 2 is 2.17 bits per heavy atom. The molecule has 0 spiro atoms. The Labute approximate surface area is 78.3 Å². The number of nitrogens with two attached hydrogens (primary N) is 1. The predicted molar refractivity (Wildman–Crippen MR) is 48.1 cm³/mol. The summed E-state index contributed by atoms with van der Waals surface area (Å²) in [5, 5.41) is 9.27. The van der Waals surface area contributed by atoms with Crippen molar-refractivity contribution in [1.82, 2.24) is 0 Å². The van der Waals surface area contributed by atoms with Crippen LogP contribution in [-0.2, 0) is 0 Å². The van der Waals surface area contributed by atoms with Crippen LogP contribution in [0.4, 0.5) is 4.39 Å². The van der Waals surface area contributed by atoms with Crippen molar-refractivity contribution in [3.8, 4) is 0 Å². The molecule has 0 aliphatic carbocycles. The highest BCUT2D eigenvalue weighted by molar-refractivity contribution is 9.10. The fourth-order valence-corrected chi connectivity index (χ4v) is 1.39. The molecule has 0 bridgehead atoms. The maximum atomic E-state index is 12.7. The van der Waals surface area contributed by atoms with Crippen molar-refractivity contribution in [3.05, 3.63) is 34.1 Å². The van der Waals surface area contributed by atoms with E-state index >= 15 is 0 Å². The summed E-state index contributed by atoms with van der Waals surface area (Å²) in [6.45, 7) is 0.0931. The Hall–Kier alpha value is -0.450. The van der Waals surface area contributed by atoms with Gasteiger partial charge in [0.05, 0.1) is 6.10 Å². The zero-order valence-corrected chi connectivity index (χ0v) is 7.88. The van der Waals surface area contributed by atoms with E-state index < -0.39 is 6.10 Å². The van der Waals surface area contributed by atoms with Gasteiger partial charge in [0.15, 0.2) is 0 Å². The maximum Gasteiger partial charge on any atom is 0.124 e. The van der Waals surface area contributed by atoms with E-state index in [2.05, 4.69) is 15.9 Å². The molecule has 66 valence electrons. The van der Waals surface area contributed by atoms with Gasteiger partial charge >= 0.3 is 0 Å². The lowest BCUT2D eigenvalue weighted by Gasteiger charge is -2.07. The average molecular weight is 234 g/mol. The normalized spacial score (nSPS) is 13.0. The molecule has 4 heteroatoms. The lowest BCUT2D eigenvalue weighted by molar-refractivity contribution is 0.186. The Bertz CT molecular complexity index is 260. The number of hydrogen-bond acceptors (Lipinski definition) is 2. The Kier molecular flexibility index (Phi) is 3.20. The molecule has 0 saturated carbocycles. The van der Waals surface area contributed by atoms with Crippen LogP contribution in [0.25, 0.3) is 0 Å². The molecule has 0 radical (unpaired) electrons. The lowest BCUT2D eigenvalue weighted by Crippen LogP contribution is -2.11. The number of halogens is 2. The number of hydrogen-bond donors (Lipinski definition) is 2. The summed E-state index contributed by atoms with van der Waals surface area (Å²) in [6, 6.07) is 4.23. The Morgan fingerprint density at radius 1 is 1.50 bits per heavy atom. The van der Waals surface area contributed by atoms with Crippen molar-refractivity contribution in [2.24, 2.45) is 5.73 Å². The van der Waals surface area contributed by atoms with Gasteiger partial charge in [-0.1, -0.05) is 15.9 Å². The second-order valence-electron chi connectivity index (χ2n) is 2.45. The lowest BCUT2D eigenvalue weighted by atomic mass is 10.1. The maximum absolute atomic E-state index is 12.7. The quantitative estimate of drug-likeness (QED) is 0.815. The van der Waals surface area contributed by atoms with Gasteiger partial charge in [-0.2, -0.15) is 0 Å². The summed E-state index contributed by atoms with van der Waals surface area (Å²) in [4.78, 5) is 0. The number of rotatable bonds is 2. The minimum Gasteiger partial charge on any atom is -0.387 e. The van der Waals surface area contributed by atoms with Crippen molar-refractivity contribution >= 4 is 15.9 Å². The van der Waals surface area contributed by atoms with Gasteiger partial charge in [0.2, 0.25) is 0 Å². The third-order valence-corrected chi connectivity index (χ3v) is 1.95. The molecule has 1 aromatic rings. The first-order valence-corrected chi connectivity index (χ1v) is 4.27. The smallest absolute Gasteiger partial charge is 0.124 e. The first-order chi connectivity index (χ1) is 5.63. The molecule has 0 aromatic heterocycles. The fraction of sp³-hybridized carbons (Fsp3) is 0.250. The molecule has 3 N–H and O–H groups in total. The molecule has 1 aromatic carbocycles. The van der Waals surface area contributed by atoms with E-state index in [0.717, 1.165) is 0 Å². The van der Waals surface area contributed by atoms with E-state index in [1.165, 1.54) is 12.1 Å². The number of aliphatic hydroxyl groups is 1. The van der Waals surface area contributed by atoms with Gasteiger partial charge in [-0.05, 0) is 23.8 Å². The van der Waals surface area contributed by atoms with E-state index in [-0.39, 0.29) is 12.4 Å². The van der Waals surface area contributed by atoms with Crippen LogP contribution in [-0.4, -0.2) is 11.7 Å². The monoisotopic (exact) mass is 233 g/mol. The van der Waals surface area contributed by atoms with E-state index in [0.29, 0.717) is 10.0 Å².